The molecule has 0 bridgehead atoms. The van der Waals surface area contributed by atoms with Gasteiger partial charge >= 0.3 is 6.61 Å². The summed E-state index contributed by atoms with van der Waals surface area (Å²) in [4.78, 5) is 17.4. The number of carbonyl (C=O) groups excluding carboxylic acids is 1. The molecule has 0 fully saturated rings. The van der Waals surface area contributed by atoms with E-state index in [9.17, 15) is 22.0 Å². The first kappa shape index (κ1) is 22.1. The molecule has 0 radical (unpaired) electrons. The van der Waals surface area contributed by atoms with Crippen molar-refractivity contribution in [1.82, 2.24) is 9.29 Å². The van der Waals surface area contributed by atoms with E-state index in [4.69, 9.17) is 5.73 Å². The van der Waals surface area contributed by atoms with Gasteiger partial charge in [-0.2, -0.15) is 13.1 Å². The van der Waals surface area contributed by atoms with Crippen molar-refractivity contribution in [3.8, 4) is 5.75 Å². The molecule has 3 aromatic rings. The van der Waals surface area contributed by atoms with Gasteiger partial charge in [-0.15, -0.1) is 11.3 Å². The van der Waals surface area contributed by atoms with Crippen LogP contribution in [0.15, 0.2) is 53.4 Å². The van der Waals surface area contributed by atoms with Gasteiger partial charge in [0.15, 0.2) is 5.01 Å². The number of nitrogens with zero attached hydrogens (tertiary/aromatic N) is 2. The number of hydrogen-bond acceptors (Lipinski definition) is 7. The number of benzene rings is 2. The van der Waals surface area contributed by atoms with E-state index in [1.807, 2.05) is 0 Å². The predicted molar refractivity (Wildman–Crippen MR) is 115 cm³/mol. The van der Waals surface area contributed by atoms with Crippen LogP contribution in [0.1, 0.15) is 20.4 Å². The summed E-state index contributed by atoms with van der Waals surface area (Å²) >= 11 is 1.10. The molecule has 0 aliphatic carbocycles. The van der Waals surface area contributed by atoms with Gasteiger partial charge in [-0.05, 0) is 24.3 Å². The minimum Gasteiger partial charge on any atom is -0.435 e. The third-order valence-corrected chi connectivity index (χ3v) is 7.69. The van der Waals surface area contributed by atoms with Gasteiger partial charge in [0.2, 0.25) is 10.0 Å². The van der Waals surface area contributed by atoms with Crippen molar-refractivity contribution >= 4 is 38.6 Å². The molecule has 1 aromatic heterocycles. The number of rotatable bonds is 6. The van der Waals surface area contributed by atoms with E-state index in [2.05, 4.69) is 15.0 Å². The molecule has 1 aliphatic rings. The number of hydrogen-bond donors (Lipinski definition) is 2. The fraction of sp³-hybridized carbons (Fsp3) is 0.200. The average molecular weight is 481 g/mol. The second-order valence-corrected chi connectivity index (χ2v) is 9.89. The number of amides is 1. The second-order valence-electron chi connectivity index (χ2n) is 6.87. The highest BCUT2D eigenvalue weighted by atomic mass is 32.2. The van der Waals surface area contributed by atoms with Crippen LogP contribution >= 0.6 is 11.3 Å². The molecule has 0 atom stereocenters. The summed E-state index contributed by atoms with van der Waals surface area (Å²) in [5, 5.41) is 2.90. The molecule has 2 aromatic carbocycles. The summed E-state index contributed by atoms with van der Waals surface area (Å²) in [6.45, 7) is -2.89. The van der Waals surface area contributed by atoms with E-state index in [0.717, 1.165) is 17.4 Å². The Morgan fingerprint density at radius 2 is 2.00 bits per heavy atom. The van der Waals surface area contributed by atoms with Crippen LogP contribution < -0.4 is 15.8 Å². The summed E-state index contributed by atoms with van der Waals surface area (Å²) in [5.74, 6) is -0.677. The lowest BCUT2D eigenvalue weighted by molar-refractivity contribution is -0.0500. The number of nitrogen functional groups attached to an aromatic ring is 1. The molecule has 2 heterocycles. The van der Waals surface area contributed by atoms with Crippen molar-refractivity contribution in [2.24, 2.45) is 0 Å². The number of nitrogens with two attached hydrogens (primary N) is 1. The Morgan fingerprint density at radius 1 is 1.22 bits per heavy atom. The van der Waals surface area contributed by atoms with Gasteiger partial charge < -0.3 is 15.8 Å². The number of halogens is 2. The van der Waals surface area contributed by atoms with Gasteiger partial charge in [-0.3, -0.25) is 4.79 Å². The maximum atomic E-state index is 13.0. The summed E-state index contributed by atoms with van der Waals surface area (Å²) in [5.41, 5.74) is 7.38. The van der Waals surface area contributed by atoms with E-state index in [-0.39, 0.29) is 28.7 Å². The predicted octanol–water partition coefficient (Wildman–Crippen LogP) is 3.33. The van der Waals surface area contributed by atoms with Crippen LogP contribution in [0.25, 0.3) is 0 Å². The van der Waals surface area contributed by atoms with Crippen LogP contribution in [0.4, 0.5) is 20.2 Å². The molecule has 8 nitrogen and oxygen atoms in total. The number of sulfonamides is 1. The van der Waals surface area contributed by atoms with Gasteiger partial charge in [0.1, 0.15) is 5.75 Å². The highest BCUT2D eigenvalue weighted by molar-refractivity contribution is 7.89. The Kier molecular flexibility index (Phi) is 6.09. The maximum absolute atomic E-state index is 13.0. The van der Waals surface area contributed by atoms with Gasteiger partial charge in [-0.1, -0.05) is 18.2 Å². The van der Waals surface area contributed by atoms with E-state index in [0.29, 0.717) is 28.4 Å². The number of aromatic nitrogens is 1. The molecular formula is C20H18F2N4O4S2. The molecule has 32 heavy (non-hydrogen) atoms. The number of para-hydroxylation sites is 2. The van der Waals surface area contributed by atoms with Crippen molar-refractivity contribution in [1.29, 1.82) is 0 Å². The Morgan fingerprint density at radius 3 is 2.75 bits per heavy atom. The Labute approximate surface area is 186 Å². The number of ether oxygens (including phenoxy) is 1. The van der Waals surface area contributed by atoms with Crippen molar-refractivity contribution in [3.63, 3.8) is 0 Å². The summed E-state index contributed by atoms with van der Waals surface area (Å²) in [6, 6.07) is 11.8. The topological polar surface area (TPSA) is 115 Å². The normalized spacial score (nSPS) is 14.2. The molecule has 0 unspecified atom stereocenters. The van der Waals surface area contributed by atoms with Crippen LogP contribution in [0.2, 0.25) is 0 Å². The lowest BCUT2D eigenvalue weighted by Gasteiger charge is -2.25. The lowest BCUT2D eigenvalue weighted by atomic mass is 10.2. The SMILES string of the molecule is Nc1ccccc1NC(=O)c1nc2c(s1)CN(S(=O)(=O)c1cccc(OC(F)F)c1)CC2. The van der Waals surface area contributed by atoms with E-state index in [1.54, 1.807) is 24.3 Å². The van der Waals surface area contributed by atoms with Crippen LogP contribution in [0.3, 0.4) is 0 Å². The first-order chi connectivity index (χ1) is 15.2. The van der Waals surface area contributed by atoms with Gasteiger partial charge in [0.25, 0.3) is 5.91 Å². The number of fused-ring (bicyclic) bond motifs is 1. The fourth-order valence-corrected chi connectivity index (χ4v) is 5.77. The zero-order chi connectivity index (χ0) is 22.9. The molecule has 1 amide bonds. The average Bonchev–Trinajstić information content (AvgIpc) is 3.19. The van der Waals surface area contributed by atoms with Crippen molar-refractivity contribution < 1.29 is 26.7 Å². The molecule has 0 saturated carbocycles. The van der Waals surface area contributed by atoms with Gasteiger partial charge in [0, 0.05) is 23.9 Å². The summed E-state index contributed by atoms with van der Waals surface area (Å²) in [6.07, 6.45) is 0.318. The third kappa shape index (κ3) is 4.56. The molecular weight excluding hydrogens is 462 g/mol. The van der Waals surface area contributed by atoms with Crippen LogP contribution in [0.5, 0.6) is 5.75 Å². The first-order valence-electron chi connectivity index (χ1n) is 9.43. The number of alkyl halides is 2. The molecule has 4 rings (SSSR count). The first-order valence-corrected chi connectivity index (χ1v) is 11.7. The van der Waals surface area contributed by atoms with E-state index in [1.165, 1.54) is 22.5 Å². The van der Waals surface area contributed by atoms with Crippen LogP contribution in [-0.2, 0) is 23.0 Å². The van der Waals surface area contributed by atoms with Gasteiger partial charge in [-0.25, -0.2) is 13.4 Å². The highest BCUT2D eigenvalue weighted by Crippen LogP contribution is 2.30. The minimum absolute atomic E-state index is 0.0238. The lowest BCUT2D eigenvalue weighted by Crippen LogP contribution is -2.35. The van der Waals surface area contributed by atoms with E-state index < -0.39 is 22.5 Å². The zero-order valence-electron chi connectivity index (χ0n) is 16.5. The monoisotopic (exact) mass is 480 g/mol. The summed E-state index contributed by atoms with van der Waals surface area (Å²) < 4.78 is 56.5. The molecule has 12 heteroatoms. The number of nitrogens with one attached hydrogen (secondary N) is 1. The zero-order valence-corrected chi connectivity index (χ0v) is 18.1. The Hall–Kier alpha value is -3.09. The van der Waals surface area contributed by atoms with Crippen molar-refractivity contribution in [3.05, 3.63) is 64.1 Å². The quantitative estimate of drug-likeness (QED) is 0.523. The number of anilines is 2. The van der Waals surface area contributed by atoms with Crippen molar-refractivity contribution in [2.45, 2.75) is 24.5 Å². The molecule has 0 saturated heterocycles. The second kappa shape index (κ2) is 8.81. The fourth-order valence-electron chi connectivity index (χ4n) is 3.22. The Balaban J connectivity index is 1.52. The Bertz CT molecular complexity index is 1260. The molecule has 168 valence electrons. The minimum atomic E-state index is -3.96. The van der Waals surface area contributed by atoms with Crippen molar-refractivity contribution in [2.75, 3.05) is 17.6 Å². The largest absolute Gasteiger partial charge is 0.435 e. The molecule has 3 N–H and O–H groups in total. The maximum Gasteiger partial charge on any atom is 0.387 e. The number of carbonyl (C=O) groups is 1. The van der Waals surface area contributed by atoms with E-state index >= 15 is 0 Å². The number of thiazole rings is 1. The molecule has 1 aliphatic heterocycles. The third-order valence-electron chi connectivity index (χ3n) is 4.77. The molecule has 0 spiro atoms. The standard InChI is InChI=1S/C20H18F2N4O4S2/c21-20(22)30-12-4-3-5-13(10-12)32(28,29)26-9-8-16-17(11-26)31-19(25-16)18(27)24-15-7-2-1-6-14(15)23/h1-7,10,20H,8-9,11,23H2,(H,24,27). The smallest absolute Gasteiger partial charge is 0.387 e. The van der Waals surface area contributed by atoms with Crippen LogP contribution in [-0.4, -0.2) is 36.8 Å². The summed E-state index contributed by atoms with van der Waals surface area (Å²) in [7, 11) is -3.96. The van der Waals surface area contributed by atoms with Gasteiger partial charge in [0.05, 0.1) is 28.5 Å². The highest BCUT2D eigenvalue weighted by Gasteiger charge is 2.31. The van der Waals surface area contributed by atoms with Crippen LogP contribution in [0, 0.1) is 0 Å².